The Morgan fingerprint density at radius 2 is 2.08 bits per heavy atom. The molecular weight excluding hydrogens is 513 g/mol. The first-order chi connectivity index (χ1) is 17.3. The van der Waals surface area contributed by atoms with Crippen LogP contribution in [0.25, 0.3) is 16.5 Å². The van der Waals surface area contributed by atoms with E-state index in [0.29, 0.717) is 36.5 Å². The number of amides is 1. The number of nitrogens with two attached hydrogens (primary N) is 1. The van der Waals surface area contributed by atoms with Gasteiger partial charge in [0.15, 0.2) is 11.4 Å². The third kappa shape index (κ3) is 4.40. The second-order valence-electron chi connectivity index (χ2n) is 8.92. The summed E-state index contributed by atoms with van der Waals surface area (Å²) in [5.41, 5.74) is 8.19. The largest absolute Gasteiger partial charge is 0.478 e. The third-order valence-corrected chi connectivity index (χ3v) is 7.44. The van der Waals surface area contributed by atoms with Crippen LogP contribution in [0.15, 0.2) is 29.0 Å². The molecule has 11 heteroatoms. The lowest BCUT2D eigenvalue weighted by molar-refractivity contribution is -0.132. The summed E-state index contributed by atoms with van der Waals surface area (Å²) in [5.74, 6) is -1.62. The first-order valence-corrected chi connectivity index (χ1v) is 12.4. The van der Waals surface area contributed by atoms with Gasteiger partial charge in [0.25, 0.3) is 0 Å². The number of nitrogen functional groups attached to an aromatic ring is 1. The summed E-state index contributed by atoms with van der Waals surface area (Å²) >= 11 is 12.1. The maximum Gasteiger partial charge on any atom is 0.239 e. The fourth-order valence-corrected chi connectivity index (χ4v) is 5.41. The number of pyridine rings is 1. The molecule has 3 N–H and O–H groups in total. The van der Waals surface area contributed by atoms with E-state index in [-0.39, 0.29) is 39.1 Å². The molecule has 2 aromatic heterocycles. The molecule has 1 saturated heterocycles. The summed E-state index contributed by atoms with van der Waals surface area (Å²) in [5, 5.41) is 3.23. The molecule has 5 rings (SSSR count). The summed E-state index contributed by atoms with van der Waals surface area (Å²) in [4.78, 5) is 18.8. The number of benzene rings is 1. The van der Waals surface area contributed by atoms with Crippen molar-refractivity contribution in [3.8, 4) is 5.75 Å². The Kier molecular flexibility index (Phi) is 6.80. The number of rotatable bonds is 5. The number of nitrogens with zero attached hydrogens (tertiary/aromatic N) is 2. The van der Waals surface area contributed by atoms with Crippen LogP contribution in [0.5, 0.6) is 5.75 Å². The molecule has 7 nitrogen and oxygen atoms in total. The van der Waals surface area contributed by atoms with E-state index >= 15 is 0 Å². The van der Waals surface area contributed by atoms with E-state index in [1.165, 1.54) is 0 Å². The number of aromatic nitrogens is 1. The van der Waals surface area contributed by atoms with Crippen LogP contribution in [0.3, 0.4) is 0 Å². The van der Waals surface area contributed by atoms with Crippen molar-refractivity contribution >= 4 is 51.5 Å². The zero-order valence-electron chi connectivity index (χ0n) is 19.4. The molecule has 0 spiro atoms. The van der Waals surface area contributed by atoms with Crippen LogP contribution < -0.4 is 15.8 Å². The zero-order valence-corrected chi connectivity index (χ0v) is 20.9. The number of carbonyl (C=O) groups is 1. The maximum atomic E-state index is 14.0. The van der Waals surface area contributed by atoms with Gasteiger partial charge in [-0.15, -0.1) is 0 Å². The molecular formula is C25H24Cl2F2N4O3. The molecule has 2 aliphatic rings. The van der Waals surface area contributed by atoms with Gasteiger partial charge in [0.1, 0.15) is 17.7 Å². The van der Waals surface area contributed by atoms with Gasteiger partial charge in [0.2, 0.25) is 11.7 Å². The molecule has 0 radical (unpaired) electrons. The molecule has 4 heterocycles. The van der Waals surface area contributed by atoms with Crippen LogP contribution in [0.2, 0.25) is 10.0 Å². The minimum Gasteiger partial charge on any atom is -0.478 e. The van der Waals surface area contributed by atoms with Gasteiger partial charge in [0, 0.05) is 36.5 Å². The van der Waals surface area contributed by atoms with Crippen molar-refractivity contribution in [3.05, 3.63) is 57.4 Å². The number of furan rings is 1. The Morgan fingerprint density at radius 1 is 1.33 bits per heavy atom. The van der Waals surface area contributed by atoms with Crippen molar-refractivity contribution in [2.45, 2.75) is 38.3 Å². The summed E-state index contributed by atoms with van der Waals surface area (Å²) < 4.78 is 39.9. The average molecular weight is 537 g/mol. The lowest BCUT2D eigenvalue weighted by atomic mass is 9.99. The first kappa shape index (κ1) is 24.8. The quantitative estimate of drug-likeness (QED) is 0.418. The van der Waals surface area contributed by atoms with Crippen molar-refractivity contribution in [2.75, 3.05) is 25.4 Å². The first-order valence-electron chi connectivity index (χ1n) is 11.6. The fraction of sp³-hybridized carbons (Fsp3) is 0.360. The number of ether oxygens (including phenoxy) is 1. The van der Waals surface area contributed by atoms with E-state index in [4.69, 9.17) is 38.1 Å². The summed E-state index contributed by atoms with van der Waals surface area (Å²) in [7, 11) is 0. The van der Waals surface area contributed by atoms with Gasteiger partial charge < -0.3 is 25.1 Å². The van der Waals surface area contributed by atoms with Gasteiger partial charge in [-0.2, -0.15) is 0 Å². The fourth-order valence-electron chi connectivity index (χ4n) is 4.76. The van der Waals surface area contributed by atoms with E-state index in [1.807, 2.05) is 11.0 Å². The Labute approximate surface area is 216 Å². The molecule has 0 saturated carbocycles. The third-order valence-electron chi connectivity index (χ3n) is 6.67. The van der Waals surface area contributed by atoms with Gasteiger partial charge in [-0.3, -0.25) is 4.79 Å². The highest BCUT2D eigenvalue weighted by Crippen LogP contribution is 2.42. The van der Waals surface area contributed by atoms with Gasteiger partial charge in [-0.25, -0.2) is 13.8 Å². The maximum absolute atomic E-state index is 14.0. The van der Waals surface area contributed by atoms with Crippen molar-refractivity contribution in [1.82, 2.24) is 15.2 Å². The SMILES string of the molecule is C[C@@H](Oc1c(N)ncc2c(C3=CCN(C(=O)C4CCCN4)CC3)coc12)c1c(Cl)c(F)cc(F)c1Cl. The highest BCUT2D eigenvalue weighted by molar-refractivity contribution is 6.36. The second-order valence-corrected chi connectivity index (χ2v) is 9.68. The van der Waals surface area contributed by atoms with Crippen LogP contribution in [0, 0.1) is 11.6 Å². The predicted octanol–water partition coefficient (Wildman–Crippen LogP) is 5.50. The topological polar surface area (TPSA) is 93.6 Å². The molecule has 0 aliphatic carbocycles. The van der Waals surface area contributed by atoms with E-state index in [9.17, 15) is 13.6 Å². The molecule has 1 amide bonds. The van der Waals surface area contributed by atoms with Gasteiger partial charge in [0.05, 0.1) is 27.7 Å². The monoisotopic (exact) mass is 536 g/mol. The van der Waals surface area contributed by atoms with Crippen LogP contribution in [-0.2, 0) is 4.79 Å². The molecule has 1 aromatic carbocycles. The van der Waals surface area contributed by atoms with Gasteiger partial charge >= 0.3 is 0 Å². The molecule has 1 unspecified atom stereocenters. The van der Waals surface area contributed by atoms with Crippen LogP contribution in [0.4, 0.5) is 14.6 Å². The van der Waals surface area contributed by atoms with E-state index in [0.717, 1.165) is 30.5 Å². The summed E-state index contributed by atoms with van der Waals surface area (Å²) in [6.45, 7) is 3.52. The number of carbonyl (C=O) groups excluding carboxylic acids is 1. The van der Waals surface area contributed by atoms with E-state index in [1.54, 1.807) is 19.4 Å². The molecule has 36 heavy (non-hydrogen) atoms. The standard InChI is InChI=1S/C25H24Cl2F2N4O3/c1-12(19-20(26)16(28)9-17(29)21(19)27)36-23-22-14(10-32-24(23)30)15(11-35-22)13-4-7-33(8-5-13)25(34)18-3-2-6-31-18/h4,9-12,18,31H,2-3,5-8H2,1H3,(H2,30,32)/t12-,18?/m1/s1. The number of halogens is 4. The molecule has 0 bridgehead atoms. The minimum atomic E-state index is -0.962. The van der Waals surface area contributed by atoms with Crippen molar-refractivity contribution < 1.29 is 22.7 Å². The number of hydrogen-bond donors (Lipinski definition) is 2. The van der Waals surface area contributed by atoms with E-state index < -0.39 is 17.7 Å². The van der Waals surface area contributed by atoms with E-state index in [2.05, 4.69) is 10.3 Å². The summed E-state index contributed by atoms with van der Waals surface area (Å²) in [6.07, 6.45) is 6.75. The zero-order chi connectivity index (χ0) is 25.6. The predicted molar refractivity (Wildman–Crippen MR) is 134 cm³/mol. The van der Waals surface area contributed by atoms with Gasteiger partial charge in [-0.1, -0.05) is 29.3 Å². The Balaban J connectivity index is 1.42. The number of nitrogens with one attached hydrogen (secondary N) is 1. The molecule has 2 aliphatic heterocycles. The number of hydrogen-bond acceptors (Lipinski definition) is 6. The summed E-state index contributed by atoms with van der Waals surface area (Å²) in [6, 6.07) is 0.518. The number of fused-ring (bicyclic) bond motifs is 1. The molecule has 190 valence electrons. The van der Waals surface area contributed by atoms with Crippen LogP contribution >= 0.6 is 23.2 Å². The molecule has 1 fully saturated rings. The molecule has 3 aromatic rings. The van der Waals surface area contributed by atoms with Crippen molar-refractivity contribution in [1.29, 1.82) is 0 Å². The Morgan fingerprint density at radius 3 is 2.72 bits per heavy atom. The van der Waals surface area contributed by atoms with Crippen molar-refractivity contribution in [3.63, 3.8) is 0 Å². The minimum absolute atomic E-state index is 0.0397. The Bertz CT molecular complexity index is 1350. The average Bonchev–Trinajstić information content (AvgIpc) is 3.55. The van der Waals surface area contributed by atoms with Crippen molar-refractivity contribution in [2.24, 2.45) is 0 Å². The number of anilines is 1. The lowest BCUT2D eigenvalue weighted by Crippen LogP contribution is -2.45. The molecule has 2 atom stereocenters. The van der Waals surface area contributed by atoms with Crippen LogP contribution in [-0.4, -0.2) is 41.5 Å². The van der Waals surface area contributed by atoms with Gasteiger partial charge in [-0.05, 0) is 38.3 Å². The smallest absolute Gasteiger partial charge is 0.239 e. The van der Waals surface area contributed by atoms with Crippen LogP contribution in [0.1, 0.15) is 43.4 Å². The highest BCUT2D eigenvalue weighted by Gasteiger charge is 2.29. The normalized spacial score (nSPS) is 19.0. The lowest BCUT2D eigenvalue weighted by Gasteiger charge is -2.28. The Hall–Kier alpha value is -2.88. The second kappa shape index (κ2) is 9.88. The highest BCUT2D eigenvalue weighted by atomic mass is 35.5.